The van der Waals surface area contributed by atoms with E-state index in [4.69, 9.17) is 4.98 Å². The summed E-state index contributed by atoms with van der Waals surface area (Å²) in [4.78, 5) is 29.8. The molecule has 8 nitrogen and oxygen atoms in total. The van der Waals surface area contributed by atoms with Crippen molar-refractivity contribution in [2.24, 2.45) is 0 Å². The van der Waals surface area contributed by atoms with E-state index in [1.807, 2.05) is 0 Å². The quantitative estimate of drug-likeness (QED) is 0.433. The Labute approximate surface area is 198 Å². The molecule has 0 atom stereocenters. The maximum absolute atomic E-state index is 12.3. The SMILES string of the molecule is O=c1[nH]c(NCCCN2CCN(c3nc4ccccc4n4cccc34)CC2)nc2c1CCCC2. The van der Waals surface area contributed by atoms with Gasteiger partial charge in [-0.15, -0.1) is 0 Å². The number of anilines is 2. The summed E-state index contributed by atoms with van der Waals surface area (Å²) in [5.74, 6) is 1.70. The van der Waals surface area contributed by atoms with Crippen molar-refractivity contribution in [2.75, 3.05) is 49.5 Å². The molecular weight excluding hydrogens is 426 g/mol. The minimum atomic E-state index is 0.0303. The highest BCUT2D eigenvalue weighted by Crippen LogP contribution is 2.26. The largest absolute Gasteiger partial charge is 0.356 e. The van der Waals surface area contributed by atoms with Crippen molar-refractivity contribution in [1.29, 1.82) is 0 Å². The summed E-state index contributed by atoms with van der Waals surface area (Å²) in [6.07, 6.45) is 7.12. The molecule has 34 heavy (non-hydrogen) atoms. The number of benzene rings is 1. The van der Waals surface area contributed by atoms with Crippen LogP contribution in [-0.2, 0) is 12.8 Å². The number of rotatable bonds is 6. The fourth-order valence-corrected chi connectivity index (χ4v) is 5.32. The van der Waals surface area contributed by atoms with Gasteiger partial charge in [0.1, 0.15) is 0 Å². The van der Waals surface area contributed by atoms with Crippen LogP contribution >= 0.6 is 0 Å². The van der Waals surface area contributed by atoms with Gasteiger partial charge in [-0.25, -0.2) is 9.97 Å². The van der Waals surface area contributed by atoms with Crippen LogP contribution in [-0.4, -0.2) is 63.5 Å². The zero-order valence-electron chi connectivity index (χ0n) is 19.5. The Morgan fingerprint density at radius 2 is 1.76 bits per heavy atom. The van der Waals surface area contributed by atoms with Gasteiger partial charge in [-0.05, 0) is 62.9 Å². The fourth-order valence-electron chi connectivity index (χ4n) is 5.32. The van der Waals surface area contributed by atoms with Gasteiger partial charge in [-0.3, -0.25) is 14.7 Å². The van der Waals surface area contributed by atoms with E-state index in [0.717, 1.165) is 99.5 Å². The summed E-state index contributed by atoms with van der Waals surface area (Å²) in [6.45, 7) is 5.82. The van der Waals surface area contributed by atoms with Gasteiger partial charge in [0.25, 0.3) is 5.56 Å². The highest BCUT2D eigenvalue weighted by Gasteiger charge is 2.21. The molecule has 0 radical (unpaired) electrons. The molecule has 0 bridgehead atoms. The molecule has 176 valence electrons. The first-order valence-electron chi connectivity index (χ1n) is 12.5. The molecule has 2 aliphatic rings. The van der Waals surface area contributed by atoms with E-state index in [2.05, 4.69) is 72.1 Å². The van der Waals surface area contributed by atoms with Crippen molar-refractivity contribution in [3.63, 3.8) is 0 Å². The van der Waals surface area contributed by atoms with E-state index in [1.54, 1.807) is 0 Å². The molecular formula is C26H31N7O. The number of nitrogens with zero attached hydrogens (tertiary/aromatic N) is 5. The van der Waals surface area contributed by atoms with Crippen LogP contribution < -0.4 is 15.8 Å². The molecule has 0 saturated carbocycles. The third kappa shape index (κ3) is 4.03. The maximum Gasteiger partial charge on any atom is 0.255 e. The van der Waals surface area contributed by atoms with Gasteiger partial charge in [0.2, 0.25) is 5.95 Å². The summed E-state index contributed by atoms with van der Waals surface area (Å²) in [5, 5.41) is 3.33. The minimum absolute atomic E-state index is 0.0303. The molecule has 1 aliphatic heterocycles. The van der Waals surface area contributed by atoms with Gasteiger partial charge in [0.05, 0.1) is 22.2 Å². The van der Waals surface area contributed by atoms with Crippen molar-refractivity contribution in [1.82, 2.24) is 24.3 Å². The molecule has 1 aromatic carbocycles. The molecule has 4 heterocycles. The van der Waals surface area contributed by atoms with Gasteiger partial charge >= 0.3 is 0 Å². The number of aromatic nitrogens is 4. The van der Waals surface area contributed by atoms with E-state index in [9.17, 15) is 4.79 Å². The van der Waals surface area contributed by atoms with E-state index >= 15 is 0 Å². The number of para-hydroxylation sites is 2. The van der Waals surface area contributed by atoms with Crippen LogP contribution in [0.2, 0.25) is 0 Å². The van der Waals surface area contributed by atoms with E-state index < -0.39 is 0 Å². The van der Waals surface area contributed by atoms with Crippen LogP contribution in [0.4, 0.5) is 11.8 Å². The highest BCUT2D eigenvalue weighted by atomic mass is 16.1. The zero-order valence-corrected chi connectivity index (χ0v) is 19.5. The number of hydrogen-bond acceptors (Lipinski definition) is 6. The van der Waals surface area contributed by atoms with E-state index in [0.29, 0.717) is 5.95 Å². The Kier molecular flexibility index (Phi) is 5.66. The first-order chi connectivity index (χ1) is 16.8. The van der Waals surface area contributed by atoms with Crippen LogP contribution in [0.25, 0.3) is 16.6 Å². The number of aromatic amines is 1. The van der Waals surface area contributed by atoms with Gasteiger partial charge in [-0.1, -0.05) is 12.1 Å². The standard InChI is InChI=1S/C26H31N7O/c34-25-19-7-1-2-8-20(19)29-26(30-25)27-12-6-13-31-15-17-32(18-16-31)24-23-11-5-14-33(23)22-10-4-3-9-21(22)28-24/h3-5,9-11,14H,1-2,6-8,12-13,15-18H2,(H2,27,29,30,34). The first kappa shape index (κ1) is 21.2. The van der Waals surface area contributed by atoms with E-state index in [1.165, 1.54) is 5.52 Å². The Hall–Kier alpha value is -3.39. The predicted octanol–water partition coefficient (Wildman–Crippen LogP) is 3.07. The predicted molar refractivity (Wildman–Crippen MR) is 136 cm³/mol. The van der Waals surface area contributed by atoms with Gasteiger partial charge in [0, 0.05) is 44.5 Å². The molecule has 2 N–H and O–H groups in total. The lowest BCUT2D eigenvalue weighted by molar-refractivity contribution is 0.257. The molecule has 6 rings (SSSR count). The second kappa shape index (κ2) is 9.10. The summed E-state index contributed by atoms with van der Waals surface area (Å²) < 4.78 is 2.24. The van der Waals surface area contributed by atoms with Gasteiger partial charge in [0.15, 0.2) is 5.82 Å². The lowest BCUT2D eigenvalue weighted by atomic mass is 9.97. The second-order valence-corrected chi connectivity index (χ2v) is 9.34. The van der Waals surface area contributed by atoms with Crippen LogP contribution in [0, 0.1) is 0 Å². The van der Waals surface area contributed by atoms with Crippen LogP contribution in [0.1, 0.15) is 30.5 Å². The lowest BCUT2D eigenvalue weighted by Crippen LogP contribution is -2.47. The average Bonchev–Trinajstić information content (AvgIpc) is 3.37. The smallest absolute Gasteiger partial charge is 0.255 e. The molecule has 1 fully saturated rings. The number of H-pyrrole nitrogens is 1. The summed E-state index contributed by atoms with van der Waals surface area (Å²) in [6, 6.07) is 12.6. The van der Waals surface area contributed by atoms with Crippen molar-refractivity contribution in [3.05, 3.63) is 64.2 Å². The van der Waals surface area contributed by atoms with E-state index in [-0.39, 0.29) is 5.56 Å². The fraction of sp³-hybridized carbons (Fsp3) is 0.423. The Bertz CT molecular complexity index is 1370. The van der Waals surface area contributed by atoms with Crippen molar-refractivity contribution < 1.29 is 0 Å². The molecule has 1 saturated heterocycles. The molecule has 1 aliphatic carbocycles. The van der Waals surface area contributed by atoms with Crippen LogP contribution in [0.5, 0.6) is 0 Å². The van der Waals surface area contributed by atoms with Crippen molar-refractivity contribution in [2.45, 2.75) is 32.1 Å². The monoisotopic (exact) mass is 457 g/mol. The molecule has 8 heteroatoms. The Balaban J connectivity index is 1.04. The topological polar surface area (TPSA) is 81.6 Å². The van der Waals surface area contributed by atoms with Crippen LogP contribution in [0.3, 0.4) is 0 Å². The minimum Gasteiger partial charge on any atom is -0.356 e. The first-order valence-corrected chi connectivity index (χ1v) is 12.5. The average molecular weight is 458 g/mol. The molecule has 0 unspecified atom stereocenters. The van der Waals surface area contributed by atoms with Crippen molar-refractivity contribution in [3.8, 4) is 0 Å². The van der Waals surface area contributed by atoms with Gasteiger partial charge < -0.3 is 14.6 Å². The Morgan fingerprint density at radius 1 is 0.941 bits per heavy atom. The third-order valence-electron chi connectivity index (χ3n) is 7.15. The second-order valence-electron chi connectivity index (χ2n) is 9.34. The number of piperazine rings is 1. The van der Waals surface area contributed by atoms with Crippen LogP contribution in [0.15, 0.2) is 47.4 Å². The summed E-state index contributed by atoms with van der Waals surface area (Å²) >= 11 is 0. The van der Waals surface area contributed by atoms with Crippen molar-refractivity contribution >= 4 is 28.3 Å². The zero-order chi connectivity index (χ0) is 22.9. The van der Waals surface area contributed by atoms with Gasteiger partial charge in [-0.2, -0.15) is 0 Å². The molecule has 4 aromatic rings. The number of fused-ring (bicyclic) bond motifs is 4. The number of aryl methyl sites for hydroxylation is 1. The Morgan fingerprint density at radius 3 is 2.68 bits per heavy atom. The summed E-state index contributed by atoms with van der Waals surface area (Å²) in [7, 11) is 0. The highest BCUT2D eigenvalue weighted by molar-refractivity contribution is 5.85. The molecule has 3 aromatic heterocycles. The molecule has 0 amide bonds. The maximum atomic E-state index is 12.3. The lowest BCUT2D eigenvalue weighted by Gasteiger charge is -2.35. The number of nitrogens with one attached hydrogen (secondary N) is 2. The third-order valence-corrected chi connectivity index (χ3v) is 7.15. The number of hydrogen-bond donors (Lipinski definition) is 2. The normalized spacial score (nSPS) is 16.8. The summed E-state index contributed by atoms with van der Waals surface area (Å²) in [5.41, 5.74) is 5.24. The molecule has 0 spiro atoms.